The van der Waals surface area contributed by atoms with Gasteiger partial charge in [0.2, 0.25) is 0 Å². The van der Waals surface area contributed by atoms with Gasteiger partial charge >= 0.3 is 0 Å². The smallest absolute Gasteiger partial charge is 0.250 e. The molecule has 1 amide bonds. The number of rotatable bonds is 4. The SMILES string of the molecule is COC1CCCC1Nc1c(N)cccc1C(N)=O. The quantitative estimate of drug-likeness (QED) is 0.702. The molecule has 1 aromatic rings. The summed E-state index contributed by atoms with van der Waals surface area (Å²) in [6.45, 7) is 0. The number of nitrogen functional groups attached to an aromatic ring is 1. The van der Waals surface area contributed by atoms with E-state index in [1.165, 1.54) is 0 Å². The highest BCUT2D eigenvalue weighted by Crippen LogP contribution is 2.29. The van der Waals surface area contributed by atoms with E-state index < -0.39 is 5.91 Å². The van der Waals surface area contributed by atoms with Gasteiger partial charge in [-0.25, -0.2) is 0 Å². The number of hydrogen-bond acceptors (Lipinski definition) is 4. The molecule has 1 aliphatic carbocycles. The number of nitrogens with one attached hydrogen (secondary N) is 1. The van der Waals surface area contributed by atoms with E-state index in [1.54, 1.807) is 25.3 Å². The number of amides is 1. The Bertz CT molecular complexity index is 448. The maximum atomic E-state index is 11.4. The zero-order valence-electron chi connectivity index (χ0n) is 10.5. The molecule has 2 unspecified atom stereocenters. The van der Waals surface area contributed by atoms with Crippen molar-refractivity contribution in [1.29, 1.82) is 0 Å². The Balaban J connectivity index is 2.25. The molecule has 2 atom stereocenters. The van der Waals surface area contributed by atoms with Crippen LogP contribution in [0, 0.1) is 0 Å². The van der Waals surface area contributed by atoms with Crippen LogP contribution in [0.4, 0.5) is 11.4 Å². The monoisotopic (exact) mass is 249 g/mol. The fourth-order valence-corrected chi connectivity index (χ4v) is 2.50. The van der Waals surface area contributed by atoms with Crippen molar-refractivity contribution in [1.82, 2.24) is 0 Å². The molecule has 1 aromatic carbocycles. The molecule has 0 spiro atoms. The van der Waals surface area contributed by atoms with E-state index >= 15 is 0 Å². The van der Waals surface area contributed by atoms with Gasteiger partial charge in [0, 0.05) is 7.11 Å². The molecule has 1 saturated carbocycles. The lowest BCUT2D eigenvalue weighted by atomic mass is 10.1. The van der Waals surface area contributed by atoms with Crippen molar-refractivity contribution in [2.75, 3.05) is 18.2 Å². The Labute approximate surface area is 106 Å². The van der Waals surface area contributed by atoms with E-state index in [0.29, 0.717) is 16.9 Å². The van der Waals surface area contributed by atoms with Crippen molar-refractivity contribution in [2.24, 2.45) is 5.73 Å². The lowest BCUT2D eigenvalue weighted by Gasteiger charge is -2.23. The summed E-state index contributed by atoms with van der Waals surface area (Å²) in [6, 6.07) is 5.34. The molecule has 0 saturated heterocycles. The van der Waals surface area contributed by atoms with Crippen LogP contribution in [0.1, 0.15) is 29.6 Å². The van der Waals surface area contributed by atoms with Gasteiger partial charge in [-0.1, -0.05) is 6.07 Å². The van der Waals surface area contributed by atoms with Gasteiger partial charge in [-0.15, -0.1) is 0 Å². The predicted octanol–water partition coefficient (Wildman–Crippen LogP) is 1.35. The molecule has 5 heteroatoms. The maximum Gasteiger partial charge on any atom is 0.250 e. The number of ether oxygens (including phenoxy) is 1. The van der Waals surface area contributed by atoms with Crippen molar-refractivity contribution in [3.8, 4) is 0 Å². The van der Waals surface area contributed by atoms with Gasteiger partial charge in [0.05, 0.1) is 29.1 Å². The minimum absolute atomic E-state index is 0.158. The average molecular weight is 249 g/mol. The Hall–Kier alpha value is -1.75. The van der Waals surface area contributed by atoms with Gasteiger partial charge < -0.3 is 21.5 Å². The number of benzene rings is 1. The lowest BCUT2D eigenvalue weighted by Crippen LogP contribution is -2.31. The van der Waals surface area contributed by atoms with Crippen LogP contribution in [0.15, 0.2) is 18.2 Å². The molecule has 1 aliphatic rings. The molecule has 5 nitrogen and oxygen atoms in total. The second-order valence-corrected chi connectivity index (χ2v) is 4.59. The second kappa shape index (κ2) is 5.27. The molecule has 0 bridgehead atoms. The molecule has 98 valence electrons. The minimum Gasteiger partial charge on any atom is -0.397 e. The topological polar surface area (TPSA) is 90.4 Å². The number of primary amides is 1. The number of nitrogens with two attached hydrogens (primary N) is 2. The largest absolute Gasteiger partial charge is 0.397 e. The molecule has 18 heavy (non-hydrogen) atoms. The highest BCUT2D eigenvalue weighted by atomic mass is 16.5. The van der Waals surface area contributed by atoms with E-state index in [9.17, 15) is 4.79 Å². The van der Waals surface area contributed by atoms with E-state index in [0.717, 1.165) is 19.3 Å². The van der Waals surface area contributed by atoms with E-state index in [-0.39, 0.29) is 12.1 Å². The predicted molar refractivity (Wildman–Crippen MR) is 71.4 cm³/mol. The molecule has 2 rings (SSSR count). The lowest BCUT2D eigenvalue weighted by molar-refractivity contribution is 0.0991. The molecule has 1 fully saturated rings. The number of hydrogen-bond donors (Lipinski definition) is 3. The molecular formula is C13H19N3O2. The fraction of sp³-hybridized carbons (Fsp3) is 0.462. The average Bonchev–Trinajstić information content (AvgIpc) is 2.78. The Morgan fingerprint density at radius 3 is 2.89 bits per heavy atom. The van der Waals surface area contributed by atoms with Crippen LogP contribution in [-0.4, -0.2) is 25.2 Å². The van der Waals surface area contributed by atoms with E-state index in [1.807, 2.05) is 0 Å². The fourth-order valence-electron chi connectivity index (χ4n) is 2.50. The molecule has 0 heterocycles. The van der Waals surface area contributed by atoms with Gasteiger partial charge in [0.15, 0.2) is 0 Å². The second-order valence-electron chi connectivity index (χ2n) is 4.59. The summed E-state index contributed by atoms with van der Waals surface area (Å²) >= 11 is 0. The minimum atomic E-state index is -0.475. The van der Waals surface area contributed by atoms with Gasteiger partial charge in [-0.2, -0.15) is 0 Å². The summed E-state index contributed by atoms with van der Waals surface area (Å²) in [5.41, 5.74) is 12.9. The van der Waals surface area contributed by atoms with Gasteiger partial charge in [0.25, 0.3) is 5.91 Å². The van der Waals surface area contributed by atoms with Crippen LogP contribution in [0.3, 0.4) is 0 Å². The Morgan fingerprint density at radius 2 is 2.22 bits per heavy atom. The summed E-state index contributed by atoms with van der Waals surface area (Å²) in [5, 5.41) is 3.31. The standard InChI is InChI=1S/C13H19N3O2/c1-18-11-7-3-6-10(11)16-12-8(13(15)17)4-2-5-9(12)14/h2,4-5,10-11,16H,3,6-7,14H2,1H3,(H2,15,17). The van der Waals surface area contributed by atoms with Gasteiger partial charge in [0.1, 0.15) is 0 Å². The first-order valence-corrected chi connectivity index (χ1v) is 6.11. The zero-order valence-corrected chi connectivity index (χ0v) is 10.5. The first kappa shape index (κ1) is 12.7. The summed E-state index contributed by atoms with van der Waals surface area (Å²) in [7, 11) is 1.70. The number of anilines is 2. The summed E-state index contributed by atoms with van der Waals surface area (Å²) in [5.74, 6) is -0.475. The van der Waals surface area contributed by atoms with Crippen LogP contribution in [0.5, 0.6) is 0 Å². The Morgan fingerprint density at radius 1 is 1.44 bits per heavy atom. The van der Waals surface area contributed by atoms with Crippen LogP contribution >= 0.6 is 0 Å². The highest BCUT2D eigenvalue weighted by molar-refractivity contribution is 6.01. The highest BCUT2D eigenvalue weighted by Gasteiger charge is 2.28. The van der Waals surface area contributed by atoms with Crippen molar-refractivity contribution >= 4 is 17.3 Å². The molecule has 0 aliphatic heterocycles. The normalized spacial score (nSPS) is 22.9. The van der Waals surface area contributed by atoms with Crippen LogP contribution < -0.4 is 16.8 Å². The number of carbonyl (C=O) groups excluding carboxylic acids is 1. The summed E-state index contributed by atoms with van der Waals surface area (Å²) in [6.07, 6.45) is 3.29. The number of carbonyl (C=O) groups is 1. The molecule has 5 N–H and O–H groups in total. The van der Waals surface area contributed by atoms with Crippen LogP contribution in [-0.2, 0) is 4.74 Å². The van der Waals surface area contributed by atoms with Crippen LogP contribution in [0.2, 0.25) is 0 Å². The maximum absolute atomic E-state index is 11.4. The van der Waals surface area contributed by atoms with Crippen molar-refractivity contribution in [3.63, 3.8) is 0 Å². The van der Waals surface area contributed by atoms with Gasteiger partial charge in [-0.05, 0) is 31.4 Å². The third-order valence-corrected chi connectivity index (χ3v) is 3.45. The van der Waals surface area contributed by atoms with E-state index in [4.69, 9.17) is 16.2 Å². The molecule has 0 aromatic heterocycles. The first-order valence-electron chi connectivity index (χ1n) is 6.11. The van der Waals surface area contributed by atoms with Gasteiger partial charge in [-0.3, -0.25) is 4.79 Å². The van der Waals surface area contributed by atoms with Crippen molar-refractivity contribution in [2.45, 2.75) is 31.4 Å². The summed E-state index contributed by atoms with van der Waals surface area (Å²) in [4.78, 5) is 11.4. The number of para-hydroxylation sites is 1. The van der Waals surface area contributed by atoms with Crippen molar-refractivity contribution in [3.05, 3.63) is 23.8 Å². The Kier molecular flexibility index (Phi) is 3.72. The summed E-state index contributed by atoms with van der Waals surface area (Å²) < 4.78 is 5.42. The zero-order chi connectivity index (χ0) is 13.1. The third-order valence-electron chi connectivity index (χ3n) is 3.45. The van der Waals surface area contributed by atoms with E-state index in [2.05, 4.69) is 5.32 Å². The van der Waals surface area contributed by atoms with Crippen molar-refractivity contribution < 1.29 is 9.53 Å². The third kappa shape index (κ3) is 2.41. The van der Waals surface area contributed by atoms with Crippen LogP contribution in [0.25, 0.3) is 0 Å². The molecular weight excluding hydrogens is 230 g/mol. The first-order chi connectivity index (χ1) is 8.63. The number of methoxy groups -OCH3 is 1. The molecule has 0 radical (unpaired) electrons.